The molecule has 0 heterocycles. The van der Waals surface area contributed by atoms with E-state index in [0.29, 0.717) is 0 Å². The number of ether oxygens (including phenoxy) is 1. The van der Waals surface area contributed by atoms with Crippen LogP contribution in [0.15, 0.2) is 23.1 Å². The van der Waals surface area contributed by atoms with Crippen LogP contribution in [0.4, 0.5) is 0 Å². The average Bonchev–Trinajstić information content (AvgIpc) is 2.27. The first-order valence-electron chi connectivity index (χ1n) is 4.77. The van der Waals surface area contributed by atoms with Gasteiger partial charge in [0.1, 0.15) is 5.75 Å². The van der Waals surface area contributed by atoms with Crippen molar-refractivity contribution in [2.45, 2.75) is 17.7 Å². The van der Waals surface area contributed by atoms with Crippen LogP contribution in [0.25, 0.3) is 6.08 Å². The second-order valence-corrected chi connectivity index (χ2v) is 4.15. The van der Waals surface area contributed by atoms with Gasteiger partial charge in [-0.1, -0.05) is 12.2 Å². The molecule has 1 aromatic carbocycles. The molecule has 74 valence electrons. The monoisotopic (exact) mass is 206 g/mol. The number of hydrogen-bond donors (Lipinski definition) is 0. The standard InChI is InChI=1S/C12H14OS/c1-13-11-7-8-12(14-2)10-6-4-3-5-9(10)11/h3,5,7-8H,4,6H2,1-2H3. The summed E-state index contributed by atoms with van der Waals surface area (Å²) >= 11 is 1.81. The van der Waals surface area contributed by atoms with Gasteiger partial charge in [-0.3, -0.25) is 0 Å². The number of thioether (sulfide) groups is 1. The lowest BCUT2D eigenvalue weighted by molar-refractivity contribution is 0.412. The van der Waals surface area contributed by atoms with Gasteiger partial charge in [0.25, 0.3) is 0 Å². The van der Waals surface area contributed by atoms with Gasteiger partial charge in [0.05, 0.1) is 7.11 Å². The summed E-state index contributed by atoms with van der Waals surface area (Å²) in [6.45, 7) is 0. The van der Waals surface area contributed by atoms with Gasteiger partial charge in [0, 0.05) is 10.5 Å². The lowest BCUT2D eigenvalue weighted by Crippen LogP contribution is -1.99. The van der Waals surface area contributed by atoms with Crippen molar-refractivity contribution in [3.8, 4) is 5.75 Å². The van der Waals surface area contributed by atoms with Gasteiger partial charge in [-0.15, -0.1) is 11.8 Å². The third-order valence-corrected chi connectivity index (χ3v) is 3.38. The minimum atomic E-state index is 0.994. The summed E-state index contributed by atoms with van der Waals surface area (Å²) in [6, 6.07) is 4.21. The second-order valence-electron chi connectivity index (χ2n) is 3.30. The summed E-state index contributed by atoms with van der Waals surface area (Å²) in [5.41, 5.74) is 2.71. The maximum Gasteiger partial charge on any atom is 0.126 e. The van der Waals surface area contributed by atoms with Crippen LogP contribution in [0.3, 0.4) is 0 Å². The molecule has 0 saturated carbocycles. The first kappa shape index (κ1) is 9.66. The summed E-state index contributed by atoms with van der Waals surface area (Å²) in [6.07, 6.45) is 8.81. The Labute approximate surface area is 89.2 Å². The van der Waals surface area contributed by atoms with Crippen LogP contribution in [-0.2, 0) is 6.42 Å². The maximum atomic E-state index is 5.35. The van der Waals surface area contributed by atoms with Crippen molar-refractivity contribution in [1.29, 1.82) is 0 Å². The van der Waals surface area contributed by atoms with E-state index < -0.39 is 0 Å². The van der Waals surface area contributed by atoms with Gasteiger partial charge in [0.2, 0.25) is 0 Å². The molecule has 0 aromatic heterocycles. The molecule has 1 nitrogen and oxygen atoms in total. The summed E-state index contributed by atoms with van der Waals surface area (Å²) in [5.74, 6) is 0.994. The Bertz CT molecular complexity index is 369. The van der Waals surface area contributed by atoms with Crippen LogP contribution in [0.5, 0.6) is 5.75 Å². The third kappa shape index (κ3) is 1.55. The zero-order valence-corrected chi connectivity index (χ0v) is 9.36. The second kappa shape index (κ2) is 4.09. The molecule has 1 aromatic rings. The zero-order valence-electron chi connectivity index (χ0n) is 8.54. The largest absolute Gasteiger partial charge is 0.496 e. The fraction of sp³-hybridized carbons (Fsp3) is 0.333. The van der Waals surface area contributed by atoms with Gasteiger partial charge >= 0.3 is 0 Å². The highest BCUT2D eigenvalue weighted by Gasteiger charge is 2.13. The predicted molar refractivity (Wildman–Crippen MR) is 62.1 cm³/mol. The Balaban J connectivity index is 2.58. The van der Waals surface area contributed by atoms with Crippen molar-refractivity contribution < 1.29 is 4.74 Å². The van der Waals surface area contributed by atoms with Gasteiger partial charge in [-0.25, -0.2) is 0 Å². The van der Waals surface area contributed by atoms with E-state index in [1.165, 1.54) is 16.0 Å². The van der Waals surface area contributed by atoms with Crippen LogP contribution >= 0.6 is 11.8 Å². The van der Waals surface area contributed by atoms with E-state index in [-0.39, 0.29) is 0 Å². The number of allylic oxidation sites excluding steroid dienone is 1. The molecule has 2 rings (SSSR count). The molecule has 0 fully saturated rings. The van der Waals surface area contributed by atoms with Crippen molar-refractivity contribution in [2.75, 3.05) is 13.4 Å². The third-order valence-electron chi connectivity index (χ3n) is 2.56. The SMILES string of the molecule is COc1ccc(SC)c2c1C=CCC2. The fourth-order valence-electron chi connectivity index (χ4n) is 1.86. The summed E-state index contributed by atoms with van der Waals surface area (Å²) in [7, 11) is 1.73. The average molecular weight is 206 g/mol. The fourth-order valence-corrected chi connectivity index (χ4v) is 2.52. The van der Waals surface area contributed by atoms with Crippen molar-refractivity contribution in [1.82, 2.24) is 0 Å². The van der Waals surface area contributed by atoms with E-state index in [0.717, 1.165) is 18.6 Å². The van der Waals surface area contributed by atoms with Crippen LogP contribution in [0, 0.1) is 0 Å². The van der Waals surface area contributed by atoms with Crippen molar-refractivity contribution in [3.05, 3.63) is 29.3 Å². The molecule has 14 heavy (non-hydrogen) atoms. The molecule has 0 spiro atoms. The van der Waals surface area contributed by atoms with E-state index in [4.69, 9.17) is 4.74 Å². The zero-order chi connectivity index (χ0) is 9.97. The molecular formula is C12H14OS. The number of fused-ring (bicyclic) bond motifs is 1. The molecular weight excluding hydrogens is 192 g/mol. The van der Waals surface area contributed by atoms with E-state index in [1.54, 1.807) is 7.11 Å². The lowest BCUT2D eigenvalue weighted by Gasteiger charge is -2.17. The van der Waals surface area contributed by atoms with Gasteiger partial charge < -0.3 is 4.74 Å². The van der Waals surface area contributed by atoms with Gasteiger partial charge in [0.15, 0.2) is 0 Å². The summed E-state index contributed by atoms with van der Waals surface area (Å²) in [5, 5.41) is 0. The Morgan fingerprint density at radius 2 is 2.21 bits per heavy atom. The van der Waals surface area contributed by atoms with Crippen LogP contribution in [0.1, 0.15) is 17.5 Å². The van der Waals surface area contributed by atoms with Crippen LogP contribution in [-0.4, -0.2) is 13.4 Å². The highest BCUT2D eigenvalue weighted by molar-refractivity contribution is 7.98. The number of methoxy groups -OCH3 is 1. The molecule has 1 aliphatic carbocycles. The van der Waals surface area contributed by atoms with Gasteiger partial charge in [-0.05, 0) is 36.8 Å². The summed E-state index contributed by atoms with van der Waals surface area (Å²) < 4.78 is 5.35. The van der Waals surface area contributed by atoms with E-state index in [9.17, 15) is 0 Å². The first-order valence-corrected chi connectivity index (χ1v) is 5.99. The Morgan fingerprint density at radius 3 is 2.93 bits per heavy atom. The van der Waals surface area contributed by atoms with E-state index >= 15 is 0 Å². The molecule has 0 amide bonds. The lowest BCUT2D eigenvalue weighted by atomic mass is 9.96. The molecule has 0 unspecified atom stereocenters. The summed E-state index contributed by atoms with van der Waals surface area (Å²) in [4.78, 5) is 1.38. The van der Waals surface area contributed by atoms with Crippen LogP contribution < -0.4 is 4.74 Å². The molecule has 2 heteroatoms. The Kier molecular flexibility index (Phi) is 2.82. The highest BCUT2D eigenvalue weighted by Crippen LogP contribution is 2.34. The van der Waals surface area contributed by atoms with E-state index in [1.807, 2.05) is 11.8 Å². The molecule has 1 aliphatic rings. The molecule has 0 atom stereocenters. The number of benzene rings is 1. The molecule has 0 saturated heterocycles. The maximum absolute atomic E-state index is 5.35. The van der Waals surface area contributed by atoms with Crippen LogP contribution in [0.2, 0.25) is 0 Å². The number of rotatable bonds is 2. The Hall–Kier alpha value is -0.890. The number of hydrogen-bond acceptors (Lipinski definition) is 2. The smallest absolute Gasteiger partial charge is 0.126 e. The van der Waals surface area contributed by atoms with E-state index in [2.05, 4.69) is 30.5 Å². The van der Waals surface area contributed by atoms with Crippen molar-refractivity contribution >= 4 is 17.8 Å². The molecule has 0 N–H and O–H groups in total. The minimum Gasteiger partial charge on any atom is -0.496 e. The molecule has 0 bridgehead atoms. The topological polar surface area (TPSA) is 9.23 Å². The molecule has 0 radical (unpaired) electrons. The van der Waals surface area contributed by atoms with Gasteiger partial charge in [-0.2, -0.15) is 0 Å². The van der Waals surface area contributed by atoms with Crippen molar-refractivity contribution in [3.63, 3.8) is 0 Å². The quantitative estimate of drug-likeness (QED) is 0.686. The van der Waals surface area contributed by atoms with Crippen molar-refractivity contribution in [2.24, 2.45) is 0 Å². The predicted octanol–water partition coefficient (Wildman–Crippen LogP) is 3.38. The highest BCUT2D eigenvalue weighted by atomic mass is 32.2. The first-order chi connectivity index (χ1) is 6.86. The normalized spacial score (nSPS) is 13.9. The molecule has 0 aliphatic heterocycles. The minimum absolute atomic E-state index is 0.994. The Morgan fingerprint density at radius 1 is 1.36 bits per heavy atom.